The minimum absolute atomic E-state index is 0.00561. The molecule has 1 saturated carbocycles. The number of amides is 2. The molecule has 1 aliphatic carbocycles. The zero-order valence-electron chi connectivity index (χ0n) is 20.8. The van der Waals surface area contributed by atoms with Crippen molar-refractivity contribution in [2.75, 3.05) is 6.54 Å². The highest BCUT2D eigenvalue weighted by Gasteiger charge is 2.52. The van der Waals surface area contributed by atoms with Crippen LogP contribution in [0.25, 0.3) is 0 Å². The largest absolute Gasteiger partial charge is 0.548 e. The van der Waals surface area contributed by atoms with Crippen molar-refractivity contribution in [2.45, 2.75) is 118 Å². The highest BCUT2D eigenvalue weighted by molar-refractivity contribution is 5.85. The monoisotopic (exact) mass is 437 g/mol. The molecule has 2 aliphatic rings. The second-order valence-electron chi connectivity index (χ2n) is 12.4. The van der Waals surface area contributed by atoms with Gasteiger partial charge in [0, 0.05) is 18.0 Å². The van der Waals surface area contributed by atoms with Gasteiger partial charge in [-0.1, -0.05) is 34.6 Å². The van der Waals surface area contributed by atoms with Crippen LogP contribution in [0.2, 0.25) is 0 Å². The van der Waals surface area contributed by atoms with E-state index < -0.39 is 34.7 Å². The Morgan fingerprint density at radius 2 is 1.48 bits per heavy atom. The predicted molar refractivity (Wildman–Crippen MR) is 117 cm³/mol. The van der Waals surface area contributed by atoms with E-state index in [1.807, 2.05) is 25.7 Å². The molecule has 0 spiro atoms. The van der Waals surface area contributed by atoms with E-state index in [1.165, 1.54) is 11.8 Å². The predicted octanol–water partition coefficient (Wildman–Crippen LogP) is 3.35. The quantitative estimate of drug-likeness (QED) is 0.675. The summed E-state index contributed by atoms with van der Waals surface area (Å²) >= 11 is 0. The molecule has 7 nitrogen and oxygen atoms in total. The summed E-state index contributed by atoms with van der Waals surface area (Å²) in [4.78, 5) is 41.7. The summed E-state index contributed by atoms with van der Waals surface area (Å²) < 4.78 is 5.49. The first kappa shape index (κ1) is 25.5. The fraction of sp³-hybridized carbons (Fsp3) is 0.875. The minimum Gasteiger partial charge on any atom is -0.548 e. The summed E-state index contributed by atoms with van der Waals surface area (Å²) in [5, 5.41) is 12.1. The highest BCUT2D eigenvalue weighted by atomic mass is 16.6. The summed E-state index contributed by atoms with van der Waals surface area (Å²) in [5.41, 5.74) is -2.65. The summed E-state index contributed by atoms with van der Waals surface area (Å²) in [6.07, 6.45) is 3.21. The molecule has 0 unspecified atom stereocenters. The number of likely N-dealkylation sites (tertiary alicyclic amines) is 1. The number of carbonyl (C=O) groups excluding carboxylic acids is 3. The molecule has 2 amide bonds. The van der Waals surface area contributed by atoms with Gasteiger partial charge in [0.25, 0.3) is 0 Å². The van der Waals surface area contributed by atoms with Crippen molar-refractivity contribution in [3.63, 3.8) is 0 Å². The Balaban J connectivity index is 2.38. The van der Waals surface area contributed by atoms with Crippen LogP contribution >= 0.6 is 0 Å². The normalized spacial score (nSPS) is 27.1. The van der Waals surface area contributed by atoms with E-state index in [4.69, 9.17) is 4.74 Å². The highest BCUT2D eigenvalue weighted by Crippen LogP contribution is 2.41. The molecule has 1 saturated heterocycles. The maximum atomic E-state index is 13.5. The van der Waals surface area contributed by atoms with Crippen molar-refractivity contribution < 1.29 is 24.2 Å². The Morgan fingerprint density at radius 1 is 0.968 bits per heavy atom. The van der Waals surface area contributed by atoms with Crippen LogP contribution in [0.15, 0.2) is 0 Å². The molecule has 0 bridgehead atoms. The van der Waals surface area contributed by atoms with E-state index >= 15 is 0 Å². The Bertz CT molecular complexity index is 708. The molecule has 2 rings (SSSR count). The van der Waals surface area contributed by atoms with Gasteiger partial charge in [-0.2, -0.15) is 0 Å². The molecule has 2 atom stereocenters. The van der Waals surface area contributed by atoms with Crippen molar-refractivity contribution in [3.8, 4) is 0 Å². The molecule has 2 fully saturated rings. The summed E-state index contributed by atoms with van der Waals surface area (Å²) in [6.45, 7) is 17.0. The van der Waals surface area contributed by atoms with Gasteiger partial charge in [-0.05, 0) is 65.2 Å². The van der Waals surface area contributed by atoms with Crippen LogP contribution in [0, 0.1) is 10.8 Å². The van der Waals surface area contributed by atoms with Gasteiger partial charge in [-0.3, -0.25) is 9.69 Å². The van der Waals surface area contributed by atoms with Gasteiger partial charge < -0.3 is 19.5 Å². The number of rotatable bonds is 3. The average molecular weight is 438 g/mol. The van der Waals surface area contributed by atoms with Gasteiger partial charge in [-0.15, -0.1) is 0 Å². The Labute approximate surface area is 187 Å². The lowest BCUT2D eigenvalue weighted by Gasteiger charge is -2.45. The SMILES string of the molecule is CC1(C)CCC(N(C(=O)C(C)(C)C)[C@@H]2CN(C(=O)OC(C)(C)C)[C@](C)(C(=O)[O-])C2)CC1. The van der Waals surface area contributed by atoms with E-state index in [9.17, 15) is 19.5 Å². The molecule has 31 heavy (non-hydrogen) atoms. The molecular weight excluding hydrogens is 396 g/mol. The van der Waals surface area contributed by atoms with E-state index in [0.29, 0.717) is 0 Å². The Kier molecular flexibility index (Phi) is 6.81. The first-order chi connectivity index (χ1) is 13.9. The molecule has 1 aliphatic heterocycles. The van der Waals surface area contributed by atoms with Crippen molar-refractivity contribution in [1.82, 2.24) is 9.80 Å². The van der Waals surface area contributed by atoms with Crippen molar-refractivity contribution in [2.24, 2.45) is 10.8 Å². The number of carboxylic acids is 1. The summed E-state index contributed by atoms with van der Waals surface area (Å²) in [5.74, 6) is -1.33. The van der Waals surface area contributed by atoms with Gasteiger partial charge in [0.2, 0.25) is 5.91 Å². The third-order valence-electron chi connectivity index (χ3n) is 6.65. The first-order valence-electron chi connectivity index (χ1n) is 11.4. The second kappa shape index (κ2) is 8.28. The van der Waals surface area contributed by atoms with Crippen LogP contribution < -0.4 is 5.11 Å². The lowest BCUT2D eigenvalue weighted by atomic mass is 9.74. The lowest BCUT2D eigenvalue weighted by Crippen LogP contribution is -2.57. The number of hydrogen-bond donors (Lipinski definition) is 0. The lowest BCUT2D eigenvalue weighted by molar-refractivity contribution is -0.316. The zero-order valence-corrected chi connectivity index (χ0v) is 20.8. The fourth-order valence-corrected chi connectivity index (χ4v) is 4.70. The number of nitrogens with zero attached hydrogens (tertiary/aromatic N) is 2. The van der Waals surface area contributed by atoms with Crippen molar-refractivity contribution >= 4 is 18.0 Å². The number of hydrogen-bond acceptors (Lipinski definition) is 5. The number of aliphatic carboxylic acids is 1. The molecule has 0 radical (unpaired) electrons. The Morgan fingerprint density at radius 3 is 1.90 bits per heavy atom. The standard InChI is InChI=1S/C24H42N2O5/c1-21(2,3)18(27)26(16-10-12-23(7,8)13-11-16)17-14-24(9,19(28)29)25(15-17)20(30)31-22(4,5)6/h16-17H,10-15H2,1-9H3,(H,28,29)/p-1/t17-,24-/m0/s1. The molecule has 7 heteroatoms. The van der Waals surface area contributed by atoms with Crippen LogP contribution in [-0.2, 0) is 14.3 Å². The summed E-state index contributed by atoms with van der Waals surface area (Å²) in [6, 6.07) is -0.359. The second-order valence-corrected chi connectivity index (χ2v) is 12.4. The van der Waals surface area contributed by atoms with Gasteiger partial charge >= 0.3 is 6.09 Å². The number of ether oxygens (including phenoxy) is 1. The fourth-order valence-electron chi connectivity index (χ4n) is 4.70. The molecule has 0 aromatic heterocycles. The van der Waals surface area contributed by atoms with E-state index in [2.05, 4.69) is 13.8 Å². The van der Waals surface area contributed by atoms with Crippen LogP contribution in [0.1, 0.15) is 94.4 Å². The minimum atomic E-state index is -1.53. The Hall–Kier alpha value is -1.79. The van der Waals surface area contributed by atoms with E-state index in [1.54, 1.807) is 20.8 Å². The van der Waals surface area contributed by atoms with Crippen molar-refractivity contribution in [1.29, 1.82) is 0 Å². The molecular formula is C24H41N2O5-. The molecule has 178 valence electrons. The first-order valence-corrected chi connectivity index (χ1v) is 11.4. The number of carboxylic acid groups (broad SMARTS) is 1. The zero-order chi connectivity index (χ0) is 24.0. The maximum Gasteiger partial charge on any atom is 0.411 e. The van der Waals surface area contributed by atoms with Gasteiger partial charge in [0.05, 0.1) is 17.6 Å². The molecule has 0 N–H and O–H groups in total. The van der Waals surface area contributed by atoms with Crippen LogP contribution in [-0.4, -0.2) is 57.5 Å². The van der Waals surface area contributed by atoms with Crippen LogP contribution in [0.5, 0.6) is 0 Å². The molecule has 0 aromatic rings. The van der Waals surface area contributed by atoms with Gasteiger partial charge in [0.1, 0.15) is 5.60 Å². The maximum absolute atomic E-state index is 13.5. The third kappa shape index (κ3) is 5.72. The van der Waals surface area contributed by atoms with Crippen LogP contribution in [0.4, 0.5) is 4.79 Å². The summed E-state index contributed by atoms with van der Waals surface area (Å²) in [7, 11) is 0. The van der Waals surface area contributed by atoms with Gasteiger partial charge in [0.15, 0.2) is 0 Å². The molecule has 0 aromatic carbocycles. The smallest absolute Gasteiger partial charge is 0.411 e. The van der Waals surface area contributed by atoms with Crippen molar-refractivity contribution in [3.05, 3.63) is 0 Å². The van der Waals surface area contributed by atoms with E-state index in [-0.39, 0.29) is 30.3 Å². The van der Waals surface area contributed by atoms with Gasteiger partial charge in [-0.25, -0.2) is 4.79 Å². The van der Waals surface area contributed by atoms with Crippen LogP contribution in [0.3, 0.4) is 0 Å². The average Bonchev–Trinajstić information content (AvgIpc) is 2.93. The van der Waals surface area contributed by atoms with E-state index in [0.717, 1.165) is 25.7 Å². The number of carbonyl (C=O) groups is 3. The topological polar surface area (TPSA) is 90.0 Å². The molecule has 1 heterocycles. The third-order valence-corrected chi connectivity index (χ3v) is 6.65.